The second-order valence-corrected chi connectivity index (χ2v) is 7.02. The molecule has 96 valence electrons. The van der Waals surface area contributed by atoms with E-state index in [1.807, 2.05) is 19.2 Å². The van der Waals surface area contributed by atoms with Gasteiger partial charge in [-0.25, -0.2) is 0 Å². The number of benzene rings is 1. The Bertz CT molecular complexity index is 505. The second kappa shape index (κ2) is 6.19. The fourth-order valence-electron chi connectivity index (χ4n) is 1.78. The largest absolute Gasteiger partial charge is 0.497 e. The monoisotopic (exact) mass is 389 g/mol. The van der Waals surface area contributed by atoms with Crippen molar-refractivity contribution >= 4 is 43.2 Å². The first kappa shape index (κ1) is 14.1. The van der Waals surface area contributed by atoms with Crippen LogP contribution in [0.1, 0.15) is 16.5 Å². The van der Waals surface area contributed by atoms with E-state index in [1.54, 1.807) is 18.4 Å². The van der Waals surface area contributed by atoms with Gasteiger partial charge in [-0.2, -0.15) is 0 Å². The van der Waals surface area contributed by atoms with Crippen LogP contribution >= 0.6 is 43.2 Å². The molecule has 0 aliphatic heterocycles. The zero-order chi connectivity index (χ0) is 13.1. The van der Waals surface area contributed by atoms with Crippen LogP contribution in [0.5, 0.6) is 5.75 Å². The molecule has 1 heterocycles. The van der Waals surface area contributed by atoms with Crippen LogP contribution in [0.15, 0.2) is 38.6 Å². The van der Waals surface area contributed by atoms with Crippen molar-refractivity contribution in [1.82, 2.24) is 5.32 Å². The molecular formula is C13H13Br2NOS. The van der Waals surface area contributed by atoms with Gasteiger partial charge in [0.15, 0.2) is 0 Å². The van der Waals surface area contributed by atoms with Crippen molar-refractivity contribution in [3.05, 3.63) is 49.0 Å². The van der Waals surface area contributed by atoms with Crippen molar-refractivity contribution in [1.29, 1.82) is 0 Å². The molecule has 2 rings (SSSR count). The average molecular weight is 391 g/mol. The summed E-state index contributed by atoms with van der Waals surface area (Å²) >= 11 is 8.79. The Morgan fingerprint density at radius 2 is 1.89 bits per heavy atom. The van der Waals surface area contributed by atoms with Crippen molar-refractivity contribution in [2.75, 3.05) is 14.2 Å². The van der Waals surface area contributed by atoms with E-state index in [0.29, 0.717) is 0 Å². The van der Waals surface area contributed by atoms with Gasteiger partial charge in [-0.1, -0.05) is 12.1 Å². The van der Waals surface area contributed by atoms with Crippen LogP contribution in [0.25, 0.3) is 0 Å². The third-order valence-electron chi connectivity index (χ3n) is 2.69. The van der Waals surface area contributed by atoms with Crippen LogP contribution < -0.4 is 10.1 Å². The summed E-state index contributed by atoms with van der Waals surface area (Å²) in [4.78, 5) is 1.27. The normalized spacial score (nSPS) is 12.4. The highest BCUT2D eigenvalue weighted by Crippen LogP contribution is 2.37. The predicted molar refractivity (Wildman–Crippen MR) is 83.6 cm³/mol. The van der Waals surface area contributed by atoms with Gasteiger partial charge in [0.05, 0.1) is 16.9 Å². The number of halogens is 2. The molecule has 0 aliphatic carbocycles. The van der Waals surface area contributed by atoms with Gasteiger partial charge in [0, 0.05) is 9.35 Å². The summed E-state index contributed by atoms with van der Waals surface area (Å²) in [6, 6.07) is 10.5. The first-order chi connectivity index (χ1) is 8.65. The number of ether oxygens (including phenoxy) is 1. The van der Waals surface area contributed by atoms with E-state index in [0.717, 1.165) is 14.0 Å². The zero-order valence-corrected chi connectivity index (χ0v) is 14.0. The molecule has 1 unspecified atom stereocenters. The molecule has 1 aromatic carbocycles. The van der Waals surface area contributed by atoms with E-state index in [2.05, 4.69) is 55.4 Å². The maximum atomic E-state index is 5.18. The van der Waals surface area contributed by atoms with Gasteiger partial charge in [0.25, 0.3) is 0 Å². The van der Waals surface area contributed by atoms with Crippen molar-refractivity contribution in [2.45, 2.75) is 6.04 Å². The van der Waals surface area contributed by atoms with Crippen LogP contribution in [0, 0.1) is 0 Å². The zero-order valence-electron chi connectivity index (χ0n) is 10.0. The Kier molecular flexibility index (Phi) is 4.84. The van der Waals surface area contributed by atoms with Crippen molar-refractivity contribution in [2.24, 2.45) is 0 Å². The van der Waals surface area contributed by atoms with E-state index < -0.39 is 0 Å². The van der Waals surface area contributed by atoms with E-state index >= 15 is 0 Å². The van der Waals surface area contributed by atoms with Crippen LogP contribution in [0.3, 0.4) is 0 Å². The van der Waals surface area contributed by atoms with E-state index in [9.17, 15) is 0 Å². The summed E-state index contributed by atoms with van der Waals surface area (Å²) in [5.41, 5.74) is 1.22. The van der Waals surface area contributed by atoms with Gasteiger partial charge in [0.1, 0.15) is 5.75 Å². The standard InChI is InChI=1S/C13H13Br2NOS/c1-16-12(11-7-10(14)13(15)18-11)8-3-5-9(17-2)6-4-8/h3-7,12,16H,1-2H3. The molecule has 1 aromatic heterocycles. The summed E-state index contributed by atoms with van der Waals surface area (Å²) in [6.45, 7) is 0. The molecule has 0 spiro atoms. The Hall–Kier alpha value is -0.360. The molecule has 1 N–H and O–H groups in total. The Morgan fingerprint density at radius 3 is 2.33 bits per heavy atom. The SMILES string of the molecule is CNC(c1ccc(OC)cc1)c1cc(Br)c(Br)s1. The average Bonchev–Trinajstić information content (AvgIpc) is 2.71. The van der Waals surface area contributed by atoms with Gasteiger partial charge < -0.3 is 10.1 Å². The summed E-state index contributed by atoms with van der Waals surface area (Å²) in [5, 5.41) is 3.34. The second-order valence-electron chi connectivity index (χ2n) is 3.77. The molecule has 0 amide bonds. The van der Waals surface area contributed by atoms with Gasteiger partial charge in [-0.05, 0) is 62.7 Å². The molecule has 0 radical (unpaired) electrons. The third kappa shape index (κ3) is 2.96. The number of thiophene rings is 1. The lowest BCUT2D eigenvalue weighted by Crippen LogP contribution is -2.16. The molecule has 2 nitrogen and oxygen atoms in total. The van der Waals surface area contributed by atoms with Crippen molar-refractivity contribution < 1.29 is 4.74 Å². The maximum absolute atomic E-state index is 5.18. The molecule has 0 fully saturated rings. The van der Waals surface area contributed by atoms with Crippen molar-refractivity contribution in [3.63, 3.8) is 0 Å². The quantitative estimate of drug-likeness (QED) is 0.824. The summed E-state index contributed by atoms with van der Waals surface area (Å²) in [6.07, 6.45) is 0. The molecule has 5 heteroatoms. The molecule has 2 aromatic rings. The number of methoxy groups -OCH3 is 1. The lowest BCUT2D eigenvalue weighted by atomic mass is 10.1. The smallest absolute Gasteiger partial charge is 0.118 e. The molecular weight excluding hydrogens is 378 g/mol. The molecule has 0 saturated carbocycles. The number of hydrogen-bond acceptors (Lipinski definition) is 3. The van der Waals surface area contributed by atoms with E-state index in [-0.39, 0.29) is 6.04 Å². The van der Waals surface area contributed by atoms with Gasteiger partial charge in [-0.15, -0.1) is 11.3 Å². The first-order valence-electron chi connectivity index (χ1n) is 5.41. The fourth-order valence-corrected chi connectivity index (χ4v) is 4.00. The molecule has 1 atom stereocenters. The third-order valence-corrected chi connectivity index (χ3v) is 6.01. The van der Waals surface area contributed by atoms with Crippen LogP contribution in [0.2, 0.25) is 0 Å². The predicted octanol–water partition coefficient (Wildman–Crippen LogP) is 4.59. The van der Waals surface area contributed by atoms with Gasteiger partial charge in [-0.3, -0.25) is 0 Å². The highest BCUT2D eigenvalue weighted by molar-refractivity contribution is 9.13. The molecule has 0 saturated heterocycles. The molecule has 0 aliphatic rings. The lowest BCUT2D eigenvalue weighted by molar-refractivity contribution is 0.414. The van der Waals surface area contributed by atoms with E-state index in [4.69, 9.17) is 4.74 Å². The highest BCUT2D eigenvalue weighted by Gasteiger charge is 2.16. The Labute approximate surface area is 128 Å². The Balaban J connectivity index is 2.32. The van der Waals surface area contributed by atoms with Crippen LogP contribution in [-0.2, 0) is 0 Å². The summed E-state index contributed by atoms with van der Waals surface area (Å²) in [7, 11) is 3.65. The number of rotatable bonds is 4. The fraction of sp³-hybridized carbons (Fsp3) is 0.231. The lowest BCUT2D eigenvalue weighted by Gasteiger charge is -2.15. The van der Waals surface area contributed by atoms with Crippen LogP contribution in [0.4, 0.5) is 0 Å². The van der Waals surface area contributed by atoms with Crippen molar-refractivity contribution in [3.8, 4) is 5.75 Å². The highest BCUT2D eigenvalue weighted by atomic mass is 79.9. The van der Waals surface area contributed by atoms with E-state index in [1.165, 1.54) is 10.4 Å². The minimum Gasteiger partial charge on any atom is -0.497 e. The van der Waals surface area contributed by atoms with Gasteiger partial charge >= 0.3 is 0 Å². The minimum absolute atomic E-state index is 0.198. The maximum Gasteiger partial charge on any atom is 0.118 e. The minimum atomic E-state index is 0.198. The topological polar surface area (TPSA) is 21.3 Å². The summed E-state index contributed by atoms with van der Waals surface area (Å²) in [5.74, 6) is 0.877. The number of nitrogens with one attached hydrogen (secondary N) is 1. The van der Waals surface area contributed by atoms with Crippen LogP contribution in [-0.4, -0.2) is 14.2 Å². The summed E-state index contributed by atoms with van der Waals surface area (Å²) < 4.78 is 7.39. The Morgan fingerprint density at radius 1 is 1.22 bits per heavy atom. The molecule has 18 heavy (non-hydrogen) atoms. The first-order valence-corrected chi connectivity index (χ1v) is 7.82. The van der Waals surface area contributed by atoms with Gasteiger partial charge in [0.2, 0.25) is 0 Å². The molecule has 0 bridgehead atoms. The number of hydrogen-bond donors (Lipinski definition) is 1.